The van der Waals surface area contributed by atoms with E-state index in [0.717, 1.165) is 0 Å². The average molecular weight is 163 g/mol. The highest BCUT2D eigenvalue weighted by atomic mass is 13.9. The Hall–Kier alpha value is -0.520. The third-order valence-electron chi connectivity index (χ3n) is 2.18. The van der Waals surface area contributed by atoms with Crippen LogP contribution in [0, 0.1) is 6.42 Å². The Kier molecular flexibility index (Phi) is 5.70. The van der Waals surface area contributed by atoms with Crippen molar-refractivity contribution in [1.29, 1.82) is 0 Å². The Morgan fingerprint density at radius 1 is 0.583 bits per heavy atom. The van der Waals surface area contributed by atoms with Crippen LogP contribution in [0.2, 0.25) is 0 Å². The van der Waals surface area contributed by atoms with E-state index in [9.17, 15) is 0 Å². The van der Waals surface area contributed by atoms with Gasteiger partial charge in [0.15, 0.2) is 0 Å². The maximum atomic E-state index is 2.33. The van der Waals surface area contributed by atoms with Crippen LogP contribution in [0.4, 0.5) is 0 Å². The highest BCUT2D eigenvalue weighted by molar-refractivity contribution is 4.96. The van der Waals surface area contributed by atoms with Crippen LogP contribution < -0.4 is 0 Å². The number of hydrogen-bond donors (Lipinski definition) is 0. The van der Waals surface area contributed by atoms with E-state index in [1.54, 1.807) is 0 Å². The summed E-state index contributed by atoms with van der Waals surface area (Å²) >= 11 is 0. The third kappa shape index (κ3) is 5.17. The molecule has 1 radical (unpaired) electrons. The molecule has 1 aliphatic carbocycles. The van der Waals surface area contributed by atoms with E-state index in [4.69, 9.17) is 0 Å². The van der Waals surface area contributed by atoms with Crippen LogP contribution in [0.1, 0.15) is 44.9 Å². The molecule has 0 N–H and O–H groups in total. The standard InChI is InChI=1S/C12H19/c1-2-4-6-8-10-12-11-9-7-5-3-1/h1-3,8,10H,4-7,9,11-12H2/b2-1-,10-8-. The molecule has 1 aliphatic rings. The summed E-state index contributed by atoms with van der Waals surface area (Å²) in [6.07, 6.45) is 20.5. The van der Waals surface area contributed by atoms with E-state index < -0.39 is 0 Å². The van der Waals surface area contributed by atoms with Crippen LogP contribution in [0.15, 0.2) is 24.3 Å². The number of rotatable bonds is 0. The van der Waals surface area contributed by atoms with Gasteiger partial charge in [-0.15, -0.1) is 0 Å². The fraction of sp³-hybridized carbons (Fsp3) is 0.583. The molecule has 0 aliphatic heterocycles. The van der Waals surface area contributed by atoms with Crippen LogP contribution in [-0.2, 0) is 0 Å². The van der Waals surface area contributed by atoms with Gasteiger partial charge in [-0.3, -0.25) is 0 Å². The molecule has 12 heavy (non-hydrogen) atoms. The lowest BCUT2D eigenvalue weighted by Gasteiger charge is -1.98. The van der Waals surface area contributed by atoms with Crippen molar-refractivity contribution in [3.05, 3.63) is 30.7 Å². The summed E-state index contributed by atoms with van der Waals surface area (Å²) in [6.45, 7) is 0. The molecule has 1 rings (SSSR count). The molecule has 0 atom stereocenters. The summed E-state index contributed by atoms with van der Waals surface area (Å²) in [4.78, 5) is 0. The largest absolute Gasteiger partial charge is 0.0885 e. The molecule has 0 aromatic carbocycles. The molecule has 0 unspecified atom stereocenters. The van der Waals surface area contributed by atoms with Gasteiger partial charge in [-0.2, -0.15) is 0 Å². The number of allylic oxidation sites excluding steroid dienone is 4. The molecule has 0 aromatic rings. The highest BCUT2D eigenvalue weighted by Crippen LogP contribution is 2.08. The van der Waals surface area contributed by atoms with Crippen molar-refractivity contribution < 1.29 is 0 Å². The van der Waals surface area contributed by atoms with E-state index >= 15 is 0 Å². The molecular weight excluding hydrogens is 144 g/mol. The monoisotopic (exact) mass is 163 g/mol. The lowest BCUT2D eigenvalue weighted by molar-refractivity contribution is 0.685. The molecule has 0 heteroatoms. The molecule has 0 spiro atoms. The van der Waals surface area contributed by atoms with Gasteiger partial charge in [0.05, 0.1) is 0 Å². The van der Waals surface area contributed by atoms with Crippen molar-refractivity contribution in [2.24, 2.45) is 0 Å². The van der Waals surface area contributed by atoms with Gasteiger partial charge in [0.2, 0.25) is 0 Å². The van der Waals surface area contributed by atoms with Gasteiger partial charge < -0.3 is 0 Å². The van der Waals surface area contributed by atoms with Gasteiger partial charge in [-0.05, 0) is 38.5 Å². The third-order valence-corrected chi connectivity index (χ3v) is 2.18. The maximum absolute atomic E-state index is 2.33. The predicted octanol–water partition coefficient (Wildman–Crippen LogP) is 4.05. The Labute approximate surface area is 76.4 Å². The minimum Gasteiger partial charge on any atom is -0.0885 e. The summed E-state index contributed by atoms with van der Waals surface area (Å²) in [5, 5.41) is 0. The number of hydrogen-bond acceptors (Lipinski definition) is 0. The summed E-state index contributed by atoms with van der Waals surface area (Å²) in [5.74, 6) is 0. The fourth-order valence-electron chi connectivity index (χ4n) is 1.42. The topological polar surface area (TPSA) is 0 Å². The summed E-state index contributed by atoms with van der Waals surface area (Å²) < 4.78 is 0. The Morgan fingerprint density at radius 3 is 2.33 bits per heavy atom. The zero-order chi connectivity index (χ0) is 8.49. The lowest BCUT2D eigenvalue weighted by Crippen LogP contribution is -1.79. The summed E-state index contributed by atoms with van der Waals surface area (Å²) in [5.41, 5.74) is 0. The Morgan fingerprint density at radius 2 is 1.33 bits per heavy atom. The quantitative estimate of drug-likeness (QED) is 0.473. The molecule has 0 nitrogen and oxygen atoms in total. The summed E-state index contributed by atoms with van der Waals surface area (Å²) in [6, 6.07) is 0. The van der Waals surface area contributed by atoms with Gasteiger partial charge in [-0.1, -0.05) is 37.1 Å². The van der Waals surface area contributed by atoms with Crippen LogP contribution in [0.25, 0.3) is 0 Å². The van der Waals surface area contributed by atoms with Crippen molar-refractivity contribution in [3.63, 3.8) is 0 Å². The first-order valence-corrected chi connectivity index (χ1v) is 5.13. The molecule has 67 valence electrons. The SMILES string of the molecule is [CH]1/C=C\CC/C=C\CCCCC1. The van der Waals surface area contributed by atoms with Crippen LogP contribution in [0.5, 0.6) is 0 Å². The molecule has 0 amide bonds. The second kappa shape index (κ2) is 7.15. The minimum atomic E-state index is 1.20. The fourth-order valence-corrected chi connectivity index (χ4v) is 1.42. The maximum Gasteiger partial charge on any atom is -0.0171 e. The first-order valence-electron chi connectivity index (χ1n) is 5.13. The van der Waals surface area contributed by atoms with E-state index in [-0.39, 0.29) is 0 Å². The van der Waals surface area contributed by atoms with Crippen molar-refractivity contribution in [3.8, 4) is 0 Å². The first-order chi connectivity index (χ1) is 6.00. The molecule has 0 fully saturated rings. The molecule has 0 saturated carbocycles. The molecule has 0 aromatic heterocycles. The average Bonchev–Trinajstić information content (AvgIpc) is 2.05. The van der Waals surface area contributed by atoms with Gasteiger partial charge in [0.1, 0.15) is 0 Å². The molecule has 0 saturated heterocycles. The van der Waals surface area contributed by atoms with E-state index in [2.05, 4.69) is 30.7 Å². The second-order valence-electron chi connectivity index (χ2n) is 3.35. The second-order valence-corrected chi connectivity index (χ2v) is 3.35. The Bertz CT molecular complexity index is 124. The normalized spacial score (nSPS) is 26.7. The predicted molar refractivity (Wildman–Crippen MR) is 54.9 cm³/mol. The highest BCUT2D eigenvalue weighted by Gasteiger charge is 1.88. The van der Waals surface area contributed by atoms with Crippen molar-refractivity contribution in [2.75, 3.05) is 0 Å². The van der Waals surface area contributed by atoms with Crippen molar-refractivity contribution in [2.45, 2.75) is 44.9 Å². The van der Waals surface area contributed by atoms with Crippen LogP contribution in [-0.4, -0.2) is 0 Å². The zero-order valence-electron chi connectivity index (χ0n) is 7.84. The molecule has 0 heterocycles. The van der Waals surface area contributed by atoms with E-state index in [0.29, 0.717) is 0 Å². The molecule has 0 bridgehead atoms. The van der Waals surface area contributed by atoms with Crippen LogP contribution >= 0.6 is 0 Å². The van der Waals surface area contributed by atoms with Gasteiger partial charge in [0.25, 0.3) is 0 Å². The van der Waals surface area contributed by atoms with Crippen molar-refractivity contribution >= 4 is 0 Å². The Balaban J connectivity index is 2.19. The van der Waals surface area contributed by atoms with E-state index in [1.165, 1.54) is 44.9 Å². The zero-order valence-corrected chi connectivity index (χ0v) is 7.84. The smallest absolute Gasteiger partial charge is 0.0171 e. The lowest BCUT2D eigenvalue weighted by atomic mass is 10.1. The van der Waals surface area contributed by atoms with Crippen molar-refractivity contribution in [1.82, 2.24) is 0 Å². The summed E-state index contributed by atoms with van der Waals surface area (Å²) in [7, 11) is 0. The van der Waals surface area contributed by atoms with Gasteiger partial charge in [0, 0.05) is 0 Å². The van der Waals surface area contributed by atoms with Gasteiger partial charge >= 0.3 is 0 Å². The van der Waals surface area contributed by atoms with Crippen LogP contribution in [0.3, 0.4) is 0 Å². The van der Waals surface area contributed by atoms with E-state index in [1.807, 2.05) is 0 Å². The van der Waals surface area contributed by atoms with Gasteiger partial charge in [-0.25, -0.2) is 0 Å². The first kappa shape index (κ1) is 9.57. The molecular formula is C12H19. The minimum absolute atomic E-state index is 1.20.